The number of hydrogen-bond acceptors (Lipinski definition) is 2. The standard InChI is InChI=1S/C13H14BrNO/c1-8(2)6-11(15)12-7-9-4-3-5-10(14)13(9)16-12/h3-7,11H,15H2,1-2H3. The monoisotopic (exact) mass is 279 g/mol. The second kappa shape index (κ2) is 4.44. The molecule has 2 N–H and O–H groups in total. The Kier molecular flexibility index (Phi) is 3.17. The molecule has 0 radical (unpaired) electrons. The van der Waals surface area contributed by atoms with Crippen LogP contribution in [0.1, 0.15) is 25.6 Å². The minimum Gasteiger partial charge on any atom is -0.458 e. The molecule has 0 spiro atoms. The Morgan fingerprint density at radius 1 is 1.44 bits per heavy atom. The summed E-state index contributed by atoms with van der Waals surface area (Å²) in [6.07, 6.45) is 1.99. The molecule has 0 aliphatic carbocycles. The number of hydrogen-bond donors (Lipinski definition) is 1. The van der Waals surface area contributed by atoms with E-state index in [4.69, 9.17) is 10.2 Å². The first-order chi connectivity index (χ1) is 7.58. The maximum atomic E-state index is 6.02. The van der Waals surface area contributed by atoms with Crippen molar-refractivity contribution in [3.05, 3.63) is 46.1 Å². The number of allylic oxidation sites excluding steroid dienone is 1. The van der Waals surface area contributed by atoms with Crippen molar-refractivity contribution >= 4 is 26.9 Å². The Labute approximate surface area is 103 Å². The van der Waals surface area contributed by atoms with Gasteiger partial charge in [0, 0.05) is 5.39 Å². The molecular formula is C13H14BrNO. The lowest BCUT2D eigenvalue weighted by Gasteiger charge is -2.02. The fourth-order valence-electron chi connectivity index (χ4n) is 1.65. The number of nitrogens with two attached hydrogens (primary N) is 1. The van der Waals surface area contributed by atoms with Gasteiger partial charge in [0.2, 0.25) is 0 Å². The van der Waals surface area contributed by atoms with Gasteiger partial charge in [-0.1, -0.05) is 23.8 Å². The largest absolute Gasteiger partial charge is 0.458 e. The van der Waals surface area contributed by atoms with Crippen LogP contribution in [0.15, 0.2) is 44.8 Å². The van der Waals surface area contributed by atoms with Gasteiger partial charge in [-0.3, -0.25) is 0 Å². The summed E-state index contributed by atoms with van der Waals surface area (Å²) in [5.74, 6) is 0.795. The maximum Gasteiger partial charge on any atom is 0.148 e. The van der Waals surface area contributed by atoms with Crippen molar-refractivity contribution in [1.29, 1.82) is 0 Å². The summed E-state index contributed by atoms with van der Waals surface area (Å²) in [6.45, 7) is 4.05. The van der Waals surface area contributed by atoms with Gasteiger partial charge in [0.05, 0.1) is 10.5 Å². The zero-order valence-corrected chi connectivity index (χ0v) is 10.9. The summed E-state index contributed by atoms with van der Waals surface area (Å²) in [5, 5.41) is 1.07. The van der Waals surface area contributed by atoms with Crippen LogP contribution < -0.4 is 5.73 Å². The minimum atomic E-state index is -0.177. The summed E-state index contributed by atoms with van der Waals surface area (Å²) < 4.78 is 6.70. The number of rotatable bonds is 2. The molecule has 3 heteroatoms. The van der Waals surface area contributed by atoms with E-state index in [0.29, 0.717) is 0 Å². The molecule has 2 aromatic rings. The van der Waals surface area contributed by atoms with Crippen molar-refractivity contribution in [2.45, 2.75) is 19.9 Å². The SMILES string of the molecule is CC(C)=CC(N)c1cc2cccc(Br)c2o1. The van der Waals surface area contributed by atoms with Gasteiger partial charge in [0.15, 0.2) is 0 Å². The second-order valence-corrected chi connectivity index (χ2v) is 4.93. The quantitative estimate of drug-likeness (QED) is 0.839. The van der Waals surface area contributed by atoms with Crippen LogP contribution in [0.2, 0.25) is 0 Å². The highest BCUT2D eigenvalue weighted by molar-refractivity contribution is 9.10. The number of furan rings is 1. The predicted molar refractivity (Wildman–Crippen MR) is 70.3 cm³/mol. The minimum absolute atomic E-state index is 0.177. The fourth-order valence-corrected chi connectivity index (χ4v) is 2.12. The topological polar surface area (TPSA) is 39.2 Å². The molecular weight excluding hydrogens is 266 g/mol. The van der Waals surface area contributed by atoms with Crippen LogP contribution in [0.3, 0.4) is 0 Å². The molecule has 2 rings (SSSR count). The van der Waals surface area contributed by atoms with Gasteiger partial charge in [-0.2, -0.15) is 0 Å². The van der Waals surface area contributed by atoms with Gasteiger partial charge in [-0.25, -0.2) is 0 Å². The first kappa shape index (κ1) is 11.4. The molecule has 1 aromatic heterocycles. The maximum absolute atomic E-state index is 6.02. The van der Waals surface area contributed by atoms with Gasteiger partial charge in [0.25, 0.3) is 0 Å². The van der Waals surface area contributed by atoms with E-state index in [1.165, 1.54) is 5.57 Å². The van der Waals surface area contributed by atoms with Crippen molar-refractivity contribution in [1.82, 2.24) is 0 Å². The van der Waals surface area contributed by atoms with Crippen LogP contribution in [0.4, 0.5) is 0 Å². The Hall–Kier alpha value is -1.06. The molecule has 0 aliphatic rings. The molecule has 2 nitrogen and oxygen atoms in total. The van der Waals surface area contributed by atoms with E-state index in [2.05, 4.69) is 15.9 Å². The van der Waals surface area contributed by atoms with Crippen molar-refractivity contribution < 1.29 is 4.42 Å². The number of fused-ring (bicyclic) bond motifs is 1. The Morgan fingerprint density at radius 3 is 2.81 bits per heavy atom. The van der Waals surface area contributed by atoms with E-state index >= 15 is 0 Å². The van der Waals surface area contributed by atoms with E-state index in [9.17, 15) is 0 Å². The van der Waals surface area contributed by atoms with Crippen LogP contribution >= 0.6 is 15.9 Å². The van der Waals surface area contributed by atoms with Crippen LogP contribution in [0, 0.1) is 0 Å². The third kappa shape index (κ3) is 2.20. The van der Waals surface area contributed by atoms with Gasteiger partial charge in [0.1, 0.15) is 11.3 Å². The normalized spacial score (nSPS) is 12.8. The number of para-hydroxylation sites is 1. The number of benzene rings is 1. The lowest BCUT2D eigenvalue weighted by Crippen LogP contribution is -2.05. The number of halogens is 1. The smallest absolute Gasteiger partial charge is 0.148 e. The third-order valence-corrected chi connectivity index (χ3v) is 2.98. The van der Waals surface area contributed by atoms with E-state index in [0.717, 1.165) is 21.2 Å². The van der Waals surface area contributed by atoms with E-state index < -0.39 is 0 Å². The molecule has 1 aromatic carbocycles. The summed E-state index contributed by atoms with van der Waals surface area (Å²) in [5.41, 5.74) is 8.07. The first-order valence-electron chi connectivity index (χ1n) is 5.16. The van der Waals surface area contributed by atoms with E-state index in [1.807, 2.05) is 44.2 Å². The Morgan fingerprint density at radius 2 is 2.19 bits per heavy atom. The molecule has 1 heterocycles. The highest BCUT2D eigenvalue weighted by atomic mass is 79.9. The molecule has 0 bridgehead atoms. The molecule has 0 aliphatic heterocycles. The van der Waals surface area contributed by atoms with Gasteiger partial charge >= 0.3 is 0 Å². The predicted octanol–water partition coefficient (Wildman–Crippen LogP) is 4.16. The summed E-state index contributed by atoms with van der Waals surface area (Å²) >= 11 is 3.46. The van der Waals surface area contributed by atoms with Crippen molar-refractivity contribution in [3.63, 3.8) is 0 Å². The Balaban J connectivity index is 2.47. The fraction of sp³-hybridized carbons (Fsp3) is 0.231. The summed E-state index contributed by atoms with van der Waals surface area (Å²) in [7, 11) is 0. The van der Waals surface area contributed by atoms with E-state index in [1.54, 1.807) is 0 Å². The van der Waals surface area contributed by atoms with Crippen LogP contribution in [-0.2, 0) is 0 Å². The van der Waals surface area contributed by atoms with Crippen molar-refractivity contribution in [3.8, 4) is 0 Å². The van der Waals surface area contributed by atoms with Crippen LogP contribution in [0.25, 0.3) is 11.0 Å². The first-order valence-corrected chi connectivity index (χ1v) is 5.96. The third-order valence-electron chi connectivity index (χ3n) is 2.36. The highest BCUT2D eigenvalue weighted by Crippen LogP contribution is 2.29. The van der Waals surface area contributed by atoms with Crippen molar-refractivity contribution in [2.24, 2.45) is 5.73 Å². The van der Waals surface area contributed by atoms with Crippen LogP contribution in [0.5, 0.6) is 0 Å². The molecule has 16 heavy (non-hydrogen) atoms. The molecule has 1 atom stereocenters. The van der Waals surface area contributed by atoms with Crippen molar-refractivity contribution in [2.75, 3.05) is 0 Å². The second-order valence-electron chi connectivity index (χ2n) is 4.08. The lowest BCUT2D eigenvalue weighted by molar-refractivity contribution is 0.528. The molecule has 0 fully saturated rings. The van der Waals surface area contributed by atoms with Gasteiger partial charge in [-0.15, -0.1) is 0 Å². The average Bonchev–Trinajstić information content (AvgIpc) is 2.61. The average molecular weight is 280 g/mol. The molecule has 84 valence electrons. The van der Waals surface area contributed by atoms with Gasteiger partial charge in [-0.05, 0) is 41.9 Å². The van der Waals surface area contributed by atoms with Crippen LogP contribution in [-0.4, -0.2) is 0 Å². The van der Waals surface area contributed by atoms with Gasteiger partial charge < -0.3 is 10.2 Å². The summed E-state index contributed by atoms with van der Waals surface area (Å²) in [6, 6.07) is 7.77. The zero-order chi connectivity index (χ0) is 11.7. The molecule has 0 saturated heterocycles. The molecule has 1 unspecified atom stereocenters. The zero-order valence-electron chi connectivity index (χ0n) is 9.33. The highest BCUT2D eigenvalue weighted by Gasteiger charge is 2.11. The molecule has 0 saturated carbocycles. The molecule has 0 amide bonds. The summed E-state index contributed by atoms with van der Waals surface area (Å²) in [4.78, 5) is 0. The lowest BCUT2D eigenvalue weighted by atomic mass is 10.1. The Bertz CT molecular complexity index is 538. The van der Waals surface area contributed by atoms with E-state index in [-0.39, 0.29) is 6.04 Å².